The average Bonchev–Trinajstić information content (AvgIpc) is 3.81. The molecule has 2 N–H and O–H groups in total. The highest BCUT2D eigenvalue weighted by Gasteiger charge is 2.80. The number of pyridine rings is 3. The lowest BCUT2D eigenvalue weighted by atomic mass is 10.1. The van der Waals surface area contributed by atoms with E-state index < -0.39 is 5.60 Å². The van der Waals surface area contributed by atoms with Gasteiger partial charge in [0.15, 0.2) is 17.1 Å². The maximum Gasteiger partial charge on any atom is 0.294 e. The number of carbonyl (C=O) groups is 2. The SMILES string of the molecule is CNc1ncc(-c2nc3ccc(N4CCOCC4)cn3n2)c2cc(NC(=O)[C@@]3(OC=O)CC34CC4)ncc12. The third kappa shape index (κ3) is 3.47. The van der Waals surface area contributed by atoms with E-state index in [4.69, 9.17) is 19.6 Å². The number of hydrogen-bond acceptors (Lipinski definition) is 10. The fourth-order valence-corrected chi connectivity index (χ4v) is 5.58. The van der Waals surface area contributed by atoms with E-state index in [0.717, 1.165) is 42.4 Å². The van der Waals surface area contributed by atoms with Crippen LogP contribution in [0, 0.1) is 5.41 Å². The fourth-order valence-electron chi connectivity index (χ4n) is 5.58. The average molecular weight is 515 g/mol. The summed E-state index contributed by atoms with van der Waals surface area (Å²) in [5.41, 5.74) is 1.17. The Balaban J connectivity index is 1.25. The summed E-state index contributed by atoms with van der Waals surface area (Å²) in [5.74, 6) is 1.16. The van der Waals surface area contributed by atoms with Crippen molar-refractivity contribution in [3.05, 3.63) is 36.8 Å². The van der Waals surface area contributed by atoms with Crippen molar-refractivity contribution in [2.45, 2.75) is 24.9 Å². The van der Waals surface area contributed by atoms with Crippen LogP contribution in [0.25, 0.3) is 27.8 Å². The van der Waals surface area contributed by atoms with Crippen LogP contribution in [-0.4, -0.2) is 75.9 Å². The minimum absolute atomic E-state index is 0.205. The van der Waals surface area contributed by atoms with Gasteiger partial charge in [0.1, 0.15) is 11.6 Å². The van der Waals surface area contributed by atoms with Gasteiger partial charge < -0.3 is 25.0 Å². The summed E-state index contributed by atoms with van der Waals surface area (Å²) in [6.45, 7) is 3.42. The Kier molecular flexibility index (Phi) is 5.02. The smallest absolute Gasteiger partial charge is 0.294 e. The highest BCUT2D eigenvalue weighted by molar-refractivity contribution is 6.05. The highest BCUT2D eigenvalue weighted by atomic mass is 16.6. The van der Waals surface area contributed by atoms with E-state index in [1.165, 1.54) is 0 Å². The third-order valence-electron chi connectivity index (χ3n) is 7.97. The van der Waals surface area contributed by atoms with Crippen molar-refractivity contribution in [2.75, 3.05) is 48.9 Å². The van der Waals surface area contributed by atoms with Gasteiger partial charge in [0.05, 0.1) is 25.1 Å². The molecule has 1 aliphatic heterocycles. The van der Waals surface area contributed by atoms with Crippen LogP contribution in [-0.2, 0) is 19.1 Å². The Labute approximate surface area is 217 Å². The summed E-state index contributed by atoms with van der Waals surface area (Å²) >= 11 is 0. The summed E-state index contributed by atoms with van der Waals surface area (Å²) in [5, 5.41) is 12.3. The molecule has 1 saturated heterocycles. The van der Waals surface area contributed by atoms with Gasteiger partial charge >= 0.3 is 0 Å². The van der Waals surface area contributed by atoms with Crippen LogP contribution in [0.4, 0.5) is 17.3 Å². The van der Waals surface area contributed by atoms with Gasteiger partial charge in [-0.25, -0.2) is 19.5 Å². The Morgan fingerprint density at radius 1 is 1.16 bits per heavy atom. The largest absolute Gasteiger partial charge is 0.450 e. The lowest BCUT2D eigenvalue weighted by Crippen LogP contribution is -2.36. The van der Waals surface area contributed by atoms with Crippen molar-refractivity contribution in [3.8, 4) is 11.4 Å². The molecule has 3 fully saturated rings. The van der Waals surface area contributed by atoms with Crippen molar-refractivity contribution in [1.29, 1.82) is 0 Å². The summed E-state index contributed by atoms with van der Waals surface area (Å²) < 4.78 is 12.5. The Morgan fingerprint density at radius 3 is 2.74 bits per heavy atom. The first-order valence-electron chi connectivity index (χ1n) is 12.6. The van der Waals surface area contributed by atoms with Crippen molar-refractivity contribution >= 4 is 46.1 Å². The van der Waals surface area contributed by atoms with Crippen LogP contribution in [0.5, 0.6) is 0 Å². The van der Waals surface area contributed by atoms with Crippen LogP contribution in [0.3, 0.4) is 0 Å². The van der Waals surface area contributed by atoms with E-state index in [2.05, 4.69) is 25.5 Å². The number of carbonyl (C=O) groups excluding carboxylic acids is 2. The maximum atomic E-state index is 13.1. The molecule has 4 aromatic heterocycles. The van der Waals surface area contributed by atoms with Gasteiger partial charge in [-0.3, -0.25) is 9.59 Å². The van der Waals surface area contributed by atoms with E-state index in [-0.39, 0.29) is 11.3 Å². The molecule has 0 unspecified atom stereocenters. The number of fused-ring (bicyclic) bond motifs is 2. The summed E-state index contributed by atoms with van der Waals surface area (Å²) in [7, 11) is 1.79. The number of morpholine rings is 1. The van der Waals surface area contributed by atoms with E-state index in [9.17, 15) is 9.59 Å². The van der Waals surface area contributed by atoms with Crippen molar-refractivity contribution < 1.29 is 19.1 Å². The number of rotatable bonds is 7. The predicted molar refractivity (Wildman–Crippen MR) is 139 cm³/mol. The molecule has 38 heavy (non-hydrogen) atoms. The number of nitrogens with one attached hydrogen (secondary N) is 2. The fraction of sp³-hybridized carbons (Fsp3) is 0.385. The van der Waals surface area contributed by atoms with Gasteiger partial charge in [-0.05, 0) is 31.0 Å². The molecule has 12 heteroatoms. The Bertz CT molecular complexity index is 1590. The molecule has 0 bridgehead atoms. The minimum atomic E-state index is -1.09. The molecule has 1 atom stereocenters. The summed E-state index contributed by atoms with van der Waals surface area (Å²) in [6, 6.07) is 5.77. The van der Waals surface area contributed by atoms with E-state index >= 15 is 0 Å². The number of hydrogen-bond donors (Lipinski definition) is 2. The maximum absolute atomic E-state index is 13.1. The van der Waals surface area contributed by atoms with E-state index in [1.807, 2.05) is 18.3 Å². The topological polar surface area (TPSA) is 136 Å². The van der Waals surface area contributed by atoms with Crippen molar-refractivity contribution in [1.82, 2.24) is 24.6 Å². The van der Waals surface area contributed by atoms with E-state index in [1.54, 1.807) is 30.0 Å². The minimum Gasteiger partial charge on any atom is -0.450 e. The highest BCUT2D eigenvalue weighted by Crippen LogP contribution is 2.74. The van der Waals surface area contributed by atoms with Gasteiger partial charge in [-0.1, -0.05) is 0 Å². The number of amides is 1. The van der Waals surface area contributed by atoms with E-state index in [0.29, 0.717) is 54.8 Å². The Hall–Kier alpha value is -4.32. The molecule has 194 valence electrons. The molecule has 0 aromatic carbocycles. The van der Waals surface area contributed by atoms with Crippen LogP contribution in [0.15, 0.2) is 36.8 Å². The third-order valence-corrected chi connectivity index (χ3v) is 7.97. The molecule has 4 aromatic rings. The summed E-state index contributed by atoms with van der Waals surface area (Å²) in [6.07, 6.45) is 7.66. The van der Waals surface area contributed by atoms with Gasteiger partial charge in [-0.2, -0.15) is 0 Å². The van der Waals surface area contributed by atoms with Gasteiger partial charge in [-0.15, -0.1) is 5.10 Å². The lowest BCUT2D eigenvalue weighted by Gasteiger charge is -2.28. The first-order valence-corrected chi connectivity index (χ1v) is 12.6. The van der Waals surface area contributed by atoms with Gasteiger partial charge in [0.2, 0.25) is 0 Å². The Morgan fingerprint density at radius 2 is 2.00 bits per heavy atom. The zero-order valence-electron chi connectivity index (χ0n) is 20.8. The summed E-state index contributed by atoms with van der Waals surface area (Å²) in [4.78, 5) is 40.2. The molecule has 7 rings (SSSR count). The quantitative estimate of drug-likeness (QED) is 0.354. The van der Waals surface area contributed by atoms with Crippen LogP contribution < -0.4 is 15.5 Å². The van der Waals surface area contributed by atoms with Crippen molar-refractivity contribution in [2.24, 2.45) is 5.41 Å². The standard InChI is InChI=1S/C26H26N8O4/c1-27-22-18-11-28-20(30-24(36)26(38-15-35)14-25(26)4-5-25)10-17(18)19(12-29-22)23-31-21-3-2-16(13-34(21)32-23)33-6-8-37-9-7-33/h2-3,10-13,15H,4-9,14H2,1H3,(H,27,29)(H,28,30,36)/t26-/m0/s1. The molecular formula is C26H26N8O4. The molecule has 5 heterocycles. The molecule has 1 spiro atoms. The van der Waals surface area contributed by atoms with Gasteiger partial charge in [0, 0.05) is 60.7 Å². The van der Waals surface area contributed by atoms with Crippen LogP contribution in [0.2, 0.25) is 0 Å². The normalized spacial score (nSPS) is 21.4. The number of anilines is 3. The van der Waals surface area contributed by atoms with Crippen molar-refractivity contribution in [3.63, 3.8) is 0 Å². The molecule has 2 aliphatic carbocycles. The van der Waals surface area contributed by atoms with Crippen LogP contribution in [0.1, 0.15) is 19.3 Å². The predicted octanol–water partition coefficient (Wildman–Crippen LogP) is 2.25. The second-order valence-electron chi connectivity index (χ2n) is 10.1. The molecule has 12 nitrogen and oxygen atoms in total. The molecular weight excluding hydrogens is 488 g/mol. The zero-order valence-corrected chi connectivity index (χ0v) is 20.8. The zero-order chi connectivity index (χ0) is 25.9. The van der Waals surface area contributed by atoms with Gasteiger partial charge in [0.25, 0.3) is 12.4 Å². The lowest BCUT2D eigenvalue weighted by molar-refractivity contribution is -0.146. The van der Waals surface area contributed by atoms with Crippen LogP contribution >= 0.6 is 0 Å². The number of aromatic nitrogens is 5. The second-order valence-corrected chi connectivity index (χ2v) is 10.1. The number of ether oxygens (including phenoxy) is 2. The number of nitrogens with zero attached hydrogens (tertiary/aromatic N) is 6. The molecule has 1 amide bonds. The second kappa shape index (κ2) is 8.35. The first-order chi connectivity index (χ1) is 18.6. The monoisotopic (exact) mass is 514 g/mol. The first kappa shape index (κ1) is 22.8. The molecule has 3 aliphatic rings. The molecule has 2 saturated carbocycles. The molecule has 0 radical (unpaired) electrons.